The van der Waals surface area contributed by atoms with Gasteiger partial charge >= 0.3 is 0 Å². The summed E-state index contributed by atoms with van der Waals surface area (Å²) in [5, 5.41) is 0. The van der Waals surface area contributed by atoms with Gasteiger partial charge in [-0.1, -0.05) is 6.42 Å². The third-order valence-corrected chi connectivity index (χ3v) is 4.64. The highest BCUT2D eigenvalue weighted by Gasteiger charge is 2.38. The molecule has 3 rings (SSSR count). The van der Waals surface area contributed by atoms with E-state index in [1.165, 1.54) is 19.3 Å². The molecule has 1 heterocycles. The molecule has 0 bridgehead atoms. The molecule has 2 atom stereocenters. The fraction of sp³-hybridized carbons (Fsp3) is 0.533. The fourth-order valence-electron chi connectivity index (χ4n) is 3.54. The normalized spacial score (nSPS) is 25.5. The summed E-state index contributed by atoms with van der Waals surface area (Å²) in [6, 6.07) is 5.66. The number of nitrogen functional groups attached to an aromatic ring is 1. The molecule has 2 fully saturated rings. The highest BCUT2D eigenvalue weighted by atomic mass is 16.2. The first kappa shape index (κ1) is 12.5. The molecular weight excluding hydrogens is 238 g/mol. The van der Waals surface area contributed by atoms with Gasteiger partial charge in [0.25, 0.3) is 5.91 Å². The Kier molecular flexibility index (Phi) is 3.19. The third kappa shape index (κ3) is 2.21. The molecule has 1 saturated heterocycles. The van der Waals surface area contributed by atoms with Gasteiger partial charge in [-0.05, 0) is 55.4 Å². The number of hydrogen-bond acceptors (Lipinski definition) is 3. The smallest absolute Gasteiger partial charge is 0.253 e. The number of aryl methyl sites for hydroxylation is 1. The van der Waals surface area contributed by atoms with E-state index in [9.17, 15) is 4.79 Å². The first-order chi connectivity index (χ1) is 9.19. The summed E-state index contributed by atoms with van der Waals surface area (Å²) in [6.45, 7) is 3.85. The van der Waals surface area contributed by atoms with Crippen LogP contribution in [-0.2, 0) is 0 Å². The highest BCUT2D eigenvalue weighted by Crippen LogP contribution is 2.38. The zero-order chi connectivity index (χ0) is 13.4. The second-order valence-corrected chi connectivity index (χ2v) is 5.84. The predicted octanol–water partition coefficient (Wildman–Crippen LogP) is 2.15. The number of likely N-dealkylation sites (tertiary alicyclic amines) is 1. The molecule has 19 heavy (non-hydrogen) atoms. The van der Waals surface area contributed by atoms with Crippen molar-refractivity contribution in [1.29, 1.82) is 0 Å². The van der Waals surface area contributed by atoms with Crippen LogP contribution in [0.4, 0.5) is 5.69 Å². The zero-order valence-corrected chi connectivity index (χ0v) is 11.4. The third-order valence-electron chi connectivity index (χ3n) is 4.64. The van der Waals surface area contributed by atoms with Crippen LogP contribution < -0.4 is 11.3 Å². The molecule has 0 spiro atoms. The van der Waals surface area contributed by atoms with E-state index in [-0.39, 0.29) is 5.91 Å². The van der Waals surface area contributed by atoms with E-state index in [0.29, 0.717) is 0 Å². The Bertz CT molecular complexity index is 488. The highest BCUT2D eigenvalue weighted by molar-refractivity contribution is 5.95. The van der Waals surface area contributed by atoms with Crippen LogP contribution in [-0.4, -0.2) is 23.9 Å². The lowest BCUT2D eigenvalue weighted by molar-refractivity contribution is 0.0780. The van der Waals surface area contributed by atoms with Gasteiger partial charge in [0, 0.05) is 18.7 Å². The second-order valence-electron chi connectivity index (χ2n) is 5.84. The Labute approximate surface area is 113 Å². The molecular formula is C15H21N3O. The molecule has 1 saturated carbocycles. The molecule has 1 aliphatic carbocycles. The van der Waals surface area contributed by atoms with E-state index >= 15 is 0 Å². The number of nitrogens with one attached hydrogen (secondary N) is 1. The van der Waals surface area contributed by atoms with E-state index in [2.05, 4.69) is 5.43 Å². The van der Waals surface area contributed by atoms with Crippen molar-refractivity contribution < 1.29 is 4.79 Å². The summed E-state index contributed by atoms with van der Waals surface area (Å²) in [5.74, 6) is 7.07. The van der Waals surface area contributed by atoms with Gasteiger partial charge < -0.3 is 10.3 Å². The summed E-state index contributed by atoms with van der Waals surface area (Å²) in [5.41, 5.74) is 5.29. The summed E-state index contributed by atoms with van der Waals surface area (Å²) < 4.78 is 0. The van der Waals surface area contributed by atoms with Crippen LogP contribution in [0, 0.1) is 18.8 Å². The van der Waals surface area contributed by atoms with Crippen molar-refractivity contribution in [3.05, 3.63) is 29.3 Å². The number of hydrogen-bond donors (Lipinski definition) is 2. The van der Waals surface area contributed by atoms with Gasteiger partial charge in [0.05, 0.1) is 5.69 Å². The van der Waals surface area contributed by atoms with Gasteiger partial charge in [-0.2, -0.15) is 0 Å². The van der Waals surface area contributed by atoms with Crippen LogP contribution >= 0.6 is 0 Å². The number of amides is 1. The second kappa shape index (κ2) is 4.85. The van der Waals surface area contributed by atoms with Crippen molar-refractivity contribution in [1.82, 2.24) is 4.90 Å². The summed E-state index contributed by atoms with van der Waals surface area (Å²) in [7, 11) is 0. The number of benzene rings is 1. The topological polar surface area (TPSA) is 58.4 Å². The molecule has 2 aliphatic rings. The van der Waals surface area contributed by atoms with Crippen LogP contribution in [0.1, 0.15) is 35.2 Å². The van der Waals surface area contributed by atoms with E-state index in [1.807, 2.05) is 30.0 Å². The molecule has 3 N–H and O–H groups in total. The Morgan fingerprint density at radius 2 is 2.00 bits per heavy atom. The maximum atomic E-state index is 12.5. The molecule has 102 valence electrons. The van der Waals surface area contributed by atoms with Crippen LogP contribution in [0.5, 0.6) is 0 Å². The molecule has 1 aromatic rings. The van der Waals surface area contributed by atoms with Gasteiger partial charge in [-0.3, -0.25) is 10.6 Å². The molecule has 1 aromatic carbocycles. The zero-order valence-electron chi connectivity index (χ0n) is 11.4. The number of anilines is 1. The van der Waals surface area contributed by atoms with Crippen molar-refractivity contribution in [2.45, 2.75) is 26.2 Å². The molecule has 1 amide bonds. The van der Waals surface area contributed by atoms with Gasteiger partial charge in [0.2, 0.25) is 0 Å². The maximum absolute atomic E-state index is 12.5. The lowest BCUT2D eigenvalue weighted by atomic mass is 10.0. The van der Waals surface area contributed by atoms with E-state index in [4.69, 9.17) is 5.84 Å². The number of carbonyl (C=O) groups is 1. The van der Waals surface area contributed by atoms with Crippen LogP contribution in [0.25, 0.3) is 0 Å². The van der Waals surface area contributed by atoms with Crippen molar-refractivity contribution >= 4 is 11.6 Å². The number of rotatable bonds is 2. The Hall–Kier alpha value is -1.55. The first-order valence-corrected chi connectivity index (χ1v) is 7.05. The van der Waals surface area contributed by atoms with Crippen molar-refractivity contribution in [3.63, 3.8) is 0 Å². The minimum absolute atomic E-state index is 0.168. The molecule has 1 aliphatic heterocycles. The summed E-state index contributed by atoms with van der Waals surface area (Å²) in [4.78, 5) is 14.5. The van der Waals surface area contributed by atoms with Gasteiger partial charge in [-0.25, -0.2) is 0 Å². The van der Waals surface area contributed by atoms with Crippen LogP contribution in [0.2, 0.25) is 0 Å². The van der Waals surface area contributed by atoms with E-state index in [1.54, 1.807) is 0 Å². The summed E-state index contributed by atoms with van der Waals surface area (Å²) in [6.07, 6.45) is 3.93. The molecule has 4 heteroatoms. The number of carbonyl (C=O) groups excluding carboxylic acids is 1. The van der Waals surface area contributed by atoms with Crippen LogP contribution in [0.3, 0.4) is 0 Å². The predicted molar refractivity (Wildman–Crippen MR) is 75.7 cm³/mol. The first-order valence-electron chi connectivity index (χ1n) is 7.05. The van der Waals surface area contributed by atoms with Gasteiger partial charge in [-0.15, -0.1) is 0 Å². The number of fused-ring (bicyclic) bond motifs is 1. The maximum Gasteiger partial charge on any atom is 0.253 e. The van der Waals surface area contributed by atoms with Crippen molar-refractivity contribution in [2.24, 2.45) is 17.7 Å². The minimum Gasteiger partial charge on any atom is -0.338 e. The molecule has 4 nitrogen and oxygen atoms in total. The molecule has 0 aromatic heterocycles. The average Bonchev–Trinajstić information content (AvgIpc) is 2.98. The summed E-state index contributed by atoms with van der Waals surface area (Å²) >= 11 is 0. The Morgan fingerprint density at radius 3 is 2.58 bits per heavy atom. The number of hydrazine groups is 1. The van der Waals surface area contributed by atoms with E-state index < -0.39 is 0 Å². The number of nitrogens with two attached hydrogens (primary N) is 1. The standard InChI is InChI=1S/C15H21N3O/c1-10-7-11(5-6-14(10)17-16)15(19)18-8-12-3-2-4-13(12)9-18/h5-7,12-13,17H,2-4,8-9,16H2,1H3. The van der Waals surface area contributed by atoms with Gasteiger partial charge in [0.1, 0.15) is 0 Å². The SMILES string of the molecule is Cc1cc(C(=O)N2CC3CCCC3C2)ccc1NN. The number of nitrogens with zero attached hydrogens (tertiary/aromatic N) is 1. The van der Waals surface area contributed by atoms with E-state index in [0.717, 1.165) is 41.7 Å². The average molecular weight is 259 g/mol. The lowest BCUT2D eigenvalue weighted by Gasteiger charge is -2.18. The molecule has 2 unspecified atom stereocenters. The largest absolute Gasteiger partial charge is 0.338 e. The minimum atomic E-state index is 0.168. The van der Waals surface area contributed by atoms with Gasteiger partial charge in [0.15, 0.2) is 0 Å². The fourth-order valence-corrected chi connectivity index (χ4v) is 3.54. The quantitative estimate of drug-likeness (QED) is 0.632. The molecule has 0 radical (unpaired) electrons. The Balaban J connectivity index is 1.75. The van der Waals surface area contributed by atoms with Crippen molar-refractivity contribution in [2.75, 3.05) is 18.5 Å². The Morgan fingerprint density at radius 1 is 1.32 bits per heavy atom. The van der Waals surface area contributed by atoms with Crippen LogP contribution in [0.15, 0.2) is 18.2 Å². The lowest BCUT2D eigenvalue weighted by Crippen LogP contribution is -2.29. The van der Waals surface area contributed by atoms with Crippen molar-refractivity contribution in [3.8, 4) is 0 Å². The monoisotopic (exact) mass is 259 g/mol.